The lowest BCUT2D eigenvalue weighted by atomic mass is 9.92. The minimum Gasteiger partial charge on any atom is -0.396 e. The van der Waals surface area contributed by atoms with E-state index >= 15 is 0 Å². The van der Waals surface area contributed by atoms with Crippen molar-refractivity contribution < 1.29 is 10.2 Å². The van der Waals surface area contributed by atoms with E-state index in [0.717, 1.165) is 13.1 Å². The van der Waals surface area contributed by atoms with Crippen molar-refractivity contribution in [3.05, 3.63) is 0 Å². The van der Waals surface area contributed by atoms with Gasteiger partial charge in [-0.15, -0.1) is 0 Å². The third kappa shape index (κ3) is 4.09. The fourth-order valence-electron chi connectivity index (χ4n) is 1.89. The van der Waals surface area contributed by atoms with Crippen LogP contribution in [-0.4, -0.2) is 47.5 Å². The fraction of sp³-hybridized carbons (Fsp3) is 1.00. The number of hydrogen-bond donors (Lipinski definition) is 2. The molecule has 3 heteroatoms. The van der Waals surface area contributed by atoms with E-state index in [1.54, 1.807) is 0 Å². The first-order valence-electron chi connectivity index (χ1n) is 5.96. The minimum atomic E-state index is -0.350. The second-order valence-corrected chi connectivity index (χ2v) is 5.68. The predicted octanol–water partition coefficient (Wildman–Crippen LogP) is 1.10. The quantitative estimate of drug-likeness (QED) is 0.668. The molecule has 1 aliphatic carbocycles. The highest BCUT2D eigenvalue weighted by atomic mass is 16.3. The summed E-state index contributed by atoms with van der Waals surface area (Å²) in [5.74, 6) is 0.646. The highest BCUT2D eigenvalue weighted by molar-refractivity contribution is 4.88. The van der Waals surface area contributed by atoms with Crippen LogP contribution in [0.3, 0.4) is 0 Å². The molecule has 0 atom stereocenters. The van der Waals surface area contributed by atoms with Gasteiger partial charge in [0.15, 0.2) is 0 Å². The summed E-state index contributed by atoms with van der Waals surface area (Å²) in [5.41, 5.74) is -0.350. The zero-order chi connectivity index (χ0) is 11.5. The lowest BCUT2D eigenvalue weighted by molar-refractivity contribution is 0.0293. The highest BCUT2D eigenvalue weighted by Gasteiger charge is 2.34. The van der Waals surface area contributed by atoms with E-state index in [2.05, 4.69) is 18.7 Å². The van der Waals surface area contributed by atoms with Gasteiger partial charge in [-0.3, -0.25) is 4.90 Å². The van der Waals surface area contributed by atoms with Crippen LogP contribution in [0.25, 0.3) is 0 Å². The summed E-state index contributed by atoms with van der Waals surface area (Å²) < 4.78 is 0. The molecule has 0 spiro atoms. The average molecular weight is 215 g/mol. The van der Waals surface area contributed by atoms with Gasteiger partial charge in [0, 0.05) is 24.5 Å². The summed E-state index contributed by atoms with van der Waals surface area (Å²) in [5, 5.41) is 18.6. The van der Waals surface area contributed by atoms with Crippen molar-refractivity contribution in [3.63, 3.8) is 0 Å². The van der Waals surface area contributed by atoms with Crippen LogP contribution in [-0.2, 0) is 0 Å². The van der Waals surface area contributed by atoms with E-state index in [4.69, 9.17) is 0 Å². The van der Waals surface area contributed by atoms with Gasteiger partial charge in [0.2, 0.25) is 0 Å². The zero-order valence-electron chi connectivity index (χ0n) is 10.2. The Morgan fingerprint density at radius 2 is 1.80 bits per heavy atom. The van der Waals surface area contributed by atoms with Crippen LogP contribution in [0.4, 0.5) is 0 Å². The van der Waals surface area contributed by atoms with Crippen molar-refractivity contribution in [2.45, 2.75) is 39.7 Å². The first-order chi connectivity index (χ1) is 7.00. The van der Waals surface area contributed by atoms with Gasteiger partial charge < -0.3 is 10.2 Å². The Hall–Kier alpha value is -0.120. The Morgan fingerprint density at radius 3 is 2.13 bits per heavy atom. The number of aliphatic hydroxyl groups excluding tert-OH is 2. The molecule has 90 valence electrons. The van der Waals surface area contributed by atoms with Gasteiger partial charge in [-0.05, 0) is 18.8 Å². The van der Waals surface area contributed by atoms with Gasteiger partial charge in [-0.25, -0.2) is 0 Å². The van der Waals surface area contributed by atoms with Gasteiger partial charge in [-0.1, -0.05) is 20.8 Å². The summed E-state index contributed by atoms with van der Waals surface area (Å²) in [7, 11) is 0. The third-order valence-electron chi connectivity index (χ3n) is 3.01. The molecule has 0 saturated heterocycles. The normalized spacial score (nSPS) is 17.8. The molecule has 2 N–H and O–H groups in total. The van der Waals surface area contributed by atoms with E-state index in [1.165, 1.54) is 12.8 Å². The Labute approximate surface area is 93.1 Å². The molecule has 15 heavy (non-hydrogen) atoms. The van der Waals surface area contributed by atoms with Gasteiger partial charge in [-0.2, -0.15) is 0 Å². The summed E-state index contributed by atoms with van der Waals surface area (Å²) in [6.45, 7) is 8.37. The molecule has 0 aromatic rings. The molecule has 0 amide bonds. The molecule has 0 heterocycles. The smallest absolute Gasteiger partial charge is 0.0519 e. The largest absolute Gasteiger partial charge is 0.396 e. The van der Waals surface area contributed by atoms with Crippen molar-refractivity contribution in [2.75, 3.05) is 26.3 Å². The fourth-order valence-corrected chi connectivity index (χ4v) is 1.89. The summed E-state index contributed by atoms with van der Waals surface area (Å²) in [4.78, 5) is 2.43. The SMILES string of the molecule is CC(C)CN(CC(C)(CO)CO)C1CC1. The second kappa shape index (κ2) is 5.28. The van der Waals surface area contributed by atoms with E-state index in [0.29, 0.717) is 12.0 Å². The van der Waals surface area contributed by atoms with Crippen LogP contribution in [0.1, 0.15) is 33.6 Å². The first-order valence-corrected chi connectivity index (χ1v) is 5.96. The summed E-state index contributed by atoms with van der Waals surface area (Å²) >= 11 is 0. The lowest BCUT2D eigenvalue weighted by Gasteiger charge is -2.33. The molecule has 0 radical (unpaired) electrons. The molecule has 1 fully saturated rings. The molecule has 1 saturated carbocycles. The molecular weight excluding hydrogens is 190 g/mol. The third-order valence-corrected chi connectivity index (χ3v) is 3.01. The molecule has 0 aromatic carbocycles. The van der Waals surface area contributed by atoms with Crippen molar-refractivity contribution in [3.8, 4) is 0 Å². The predicted molar refractivity (Wildman–Crippen MR) is 61.7 cm³/mol. The van der Waals surface area contributed by atoms with Gasteiger partial charge in [0.25, 0.3) is 0 Å². The summed E-state index contributed by atoms with van der Waals surface area (Å²) in [6, 6.07) is 0.699. The monoisotopic (exact) mass is 215 g/mol. The van der Waals surface area contributed by atoms with Crippen LogP contribution in [0.2, 0.25) is 0 Å². The second-order valence-electron chi connectivity index (χ2n) is 5.68. The molecule has 0 bridgehead atoms. The number of aliphatic hydroxyl groups is 2. The molecular formula is C12H25NO2. The van der Waals surface area contributed by atoms with Gasteiger partial charge in [0.05, 0.1) is 13.2 Å². The number of nitrogens with zero attached hydrogens (tertiary/aromatic N) is 1. The molecule has 3 nitrogen and oxygen atoms in total. The molecule has 0 unspecified atom stereocenters. The topological polar surface area (TPSA) is 43.7 Å². The summed E-state index contributed by atoms with van der Waals surface area (Å²) in [6.07, 6.45) is 2.55. The maximum Gasteiger partial charge on any atom is 0.0519 e. The van der Waals surface area contributed by atoms with Crippen LogP contribution in [0, 0.1) is 11.3 Å². The average Bonchev–Trinajstić information content (AvgIpc) is 2.99. The van der Waals surface area contributed by atoms with Crippen molar-refractivity contribution in [2.24, 2.45) is 11.3 Å². The van der Waals surface area contributed by atoms with Crippen LogP contribution >= 0.6 is 0 Å². The van der Waals surface area contributed by atoms with E-state index < -0.39 is 0 Å². The lowest BCUT2D eigenvalue weighted by Crippen LogP contribution is -2.43. The maximum atomic E-state index is 9.28. The maximum absolute atomic E-state index is 9.28. The number of rotatable bonds is 7. The molecule has 1 aliphatic rings. The Kier molecular flexibility index (Phi) is 4.56. The Balaban J connectivity index is 2.49. The molecule has 1 rings (SSSR count). The molecule has 0 aromatic heterocycles. The standard InChI is InChI=1S/C12H25NO2/c1-10(2)6-13(11-4-5-11)7-12(3,8-14)9-15/h10-11,14-15H,4-9H2,1-3H3. The first kappa shape index (κ1) is 12.9. The van der Waals surface area contributed by atoms with Gasteiger partial charge >= 0.3 is 0 Å². The minimum absolute atomic E-state index is 0.0603. The highest BCUT2D eigenvalue weighted by Crippen LogP contribution is 2.30. The Morgan fingerprint density at radius 1 is 1.27 bits per heavy atom. The van der Waals surface area contributed by atoms with Crippen molar-refractivity contribution in [1.82, 2.24) is 4.90 Å². The van der Waals surface area contributed by atoms with Crippen molar-refractivity contribution in [1.29, 1.82) is 0 Å². The van der Waals surface area contributed by atoms with E-state index in [-0.39, 0.29) is 18.6 Å². The molecule has 0 aliphatic heterocycles. The van der Waals surface area contributed by atoms with Crippen LogP contribution < -0.4 is 0 Å². The van der Waals surface area contributed by atoms with Crippen molar-refractivity contribution >= 4 is 0 Å². The van der Waals surface area contributed by atoms with Crippen LogP contribution in [0.5, 0.6) is 0 Å². The van der Waals surface area contributed by atoms with Crippen LogP contribution in [0.15, 0.2) is 0 Å². The van der Waals surface area contributed by atoms with E-state index in [9.17, 15) is 10.2 Å². The van der Waals surface area contributed by atoms with E-state index in [1.807, 2.05) is 6.92 Å². The zero-order valence-corrected chi connectivity index (χ0v) is 10.2. The van der Waals surface area contributed by atoms with Gasteiger partial charge in [0.1, 0.15) is 0 Å². The Bertz CT molecular complexity index is 186. The number of hydrogen-bond acceptors (Lipinski definition) is 3.